The number of carbonyl (C=O) groups is 1. The maximum Gasteiger partial charge on any atom is 0.237 e. The van der Waals surface area contributed by atoms with E-state index in [0.29, 0.717) is 22.6 Å². The molecule has 0 aliphatic carbocycles. The van der Waals surface area contributed by atoms with Gasteiger partial charge in [0, 0.05) is 12.0 Å². The first-order valence-electron chi connectivity index (χ1n) is 9.26. The van der Waals surface area contributed by atoms with E-state index in [9.17, 15) is 13.2 Å². The van der Waals surface area contributed by atoms with Gasteiger partial charge in [-0.3, -0.25) is 4.72 Å². The molecule has 0 unspecified atom stereocenters. The molecule has 0 radical (unpaired) electrons. The van der Waals surface area contributed by atoms with E-state index in [1.54, 1.807) is 36.4 Å². The summed E-state index contributed by atoms with van der Waals surface area (Å²) < 4.78 is 34.1. The van der Waals surface area contributed by atoms with Crippen LogP contribution in [0.3, 0.4) is 0 Å². The molecule has 0 amide bonds. The minimum absolute atomic E-state index is 0.143. The zero-order chi connectivity index (χ0) is 20.7. The van der Waals surface area contributed by atoms with E-state index < -0.39 is 10.0 Å². The number of rotatable bonds is 9. The number of ether oxygens (including phenoxy) is 1. The van der Waals surface area contributed by atoms with Crippen LogP contribution < -0.4 is 9.46 Å². The van der Waals surface area contributed by atoms with Gasteiger partial charge in [-0.1, -0.05) is 66.7 Å². The van der Waals surface area contributed by atoms with Crippen LogP contribution in [0.15, 0.2) is 72.8 Å². The molecule has 3 aromatic rings. The number of hydrogen-bond donors (Lipinski definition) is 1. The van der Waals surface area contributed by atoms with E-state index >= 15 is 0 Å². The Morgan fingerprint density at radius 1 is 0.897 bits per heavy atom. The van der Waals surface area contributed by atoms with Crippen molar-refractivity contribution >= 4 is 22.0 Å². The van der Waals surface area contributed by atoms with Gasteiger partial charge >= 0.3 is 0 Å². The van der Waals surface area contributed by atoms with Gasteiger partial charge in [0.05, 0.1) is 11.4 Å². The molecule has 0 atom stereocenters. The van der Waals surface area contributed by atoms with Gasteiger partial charge in [0.15, 0.2) is 0 Å². The number of nitrogens with one attached hydrogen (secondary N) is 1. The van der Waals surface area contributed by atoms with Crippen molar-refractivity contribution in [2.75, 3.05) is 4.72 Å². The third-order valence-corrected chi connectivity index (χ3v) is 5.72. The quantitative estimate of drug-likeness (QED) is 0.536. The van der Waals surface area contributed by atoms with E-state index in [2.05, 4.69) is 4.72 Å². The number of carbonyl (C=O) groups excluding carboxylic acids is 1. The van der Waals surface area contributed by atoms with E-state index in [1.807, 2.05) is 43.3 Å². The first-order valence-corrected chi connectivity index (χ1v) is 10.9. The number of benzene rings is 3. The van der Waals surface area contributed by atoms with Crippen LogP contribution in [0.2, 0.25) is 0 Å². The molecule has 0 bridgehead atoms. The molecule has 0 heterocycles. The Bertz CT molecular complexity index is 1060. The summed E-state index contributed by atoms with van der Waals surface area (Å²) in [4.78, 5) is 11.2. The Balaban J connectivity index is 1.90. The van der Waals surface area contributed by atoms with Gasteiger partial charge in [-0.2, -0.15) is 0 Å². The minimum atomic E-state index is -3.66. The summed E-state index contributed by atoms with van der Waals surface area (Å²) in [5, 5.41) is 0. The molecule has 0 aliphatic rings. The fourth-order valence-electron chi connectivity index (χ4n) is 3.04. The van der Waals surface area contributed by atoms with Crippen molar-refractivity contribution in [3.05, 3.63) is 95.1 Å². The van der Waals surface area contributed by atoms with Crippen LogP contribution in [-0.4, -0.2) is 14.7 Å². The third-order valence-electron chi connectivity index (χ3n) is 4.47. The highest BCUT2D eigenvalue weighted by Crippen LogP contribution is 2.33. The van der Waals surface area contributed by atoms with Crippen molar-refractivity contribution in [2.45, 2.75) is 25.7 Å². The normalized spacial score (nSPS) is 11.1. The van der Waals surface area contributed by atoms with Crippen LogP contribution in [0.25, 0.3) is 0 Å². The molecular formula is C23H23NO4S. The summed E-state index contributed by atoms with van der Waals surface area (Å²) in [7, 11) is -3.66. The summed E-state index contributed by atoms with van der Waals surface area (Å²) in [5.41, 5.74) is 3.51. The van der Waals surface area contributed by atoms with Crippen LogP contribution in [-0.2, 0) is 33.6 Å². The Morgan fingerprint density at radius 3 is 2.14 bits per heavy atom. The molecular weight excluding hydrogens is 386 g/mol. The molecule has 0 saturated carbocycles. The molecule has 6 heteroatoms. The van der Waals surface area contributed by atoms with Gasteiger partial charge in [0.2, 0.25) is 10.0 Å². The minimum Gasteiger partial charge on any atom is -0.486 e. The molecule has 0 fully saturated rings. The lowest BCUT2D eigenvalue weighted by Crippen LogP contribution is -2.16. The number of sulfonamides is 1. The molecule has 0 spiro atoms. The van der Waals surface area contributed by atoms with Crippen molar-refractivity contribution < 1.29 is 17.9 Å². The highest BCUT2D eigenvalue weighted by molar-refractivity contribution is 7.91. The van der Waals surface area contributed by atoms with Crippen molar-refractivity contribution in [2.24, 2.45) is 0 Å². The summed E-state index contributed by atoms with van der Waals surface area (Å²) >= 11 is 0. The maximum absolute atomic E-state index is 12.7. The molecule has 29 heavy (non-hydrogen) atoms. The average Bonchev–Trinajstić information content (AvgIpc) is 2.71. The molecule has 0 aromatic heterocycles. The lowest BCUT2D eigenvalue weighted by atomic mass is 10.0. The number of aldehydes is 1. The number of aryl methyl sites for hydroxylation is 1. The topological polar surface area (TPSA) is 72.5 Å². The fraction of sp³-hybridized carbons (Fsp3) is 0.174. The third kappa shape index (κ3) is 5.68. The van der Waals surface area contributed by atoms with Crippen LogP contribution >= 0.6 is 0 Å². The summed E-state index contributed by atoms with van der Waals surface area (Å²) in [6.07, 6.45) is 0.935. The van der Waals surface area contributed by atoms with Crippen LogP contribution in [0, 0.1) is 6.92 Å². The Hall–Kier alpha value is -3.12. The molecule has 0 saturated heterocycles. The van der Waals surface area contributed by atoms with Crippen molar-refractivity contribution in [3.63, 3.8) is 0 Å². The summed E-state index contributed by atoms with van der Waals surface area (Å²) in [5.74, 6) is 0.237. The molecule has 150 valence electrons. The predicted molar refractivity (Wildman–Crippen MR) is 114 cm³/mol. The van der Waals surface area contributed by atoms with Gasteiger partial charge < -0.3 is 9.53 Å². The standard InChI is InChI=1S/C23H23NO4S/c1-18-12-13-22(24-29(26,27)17-20-10-6-3-7-11-20)23(21(18)14-15-25)28-16-19-8-4-2-5-9-19/h2-13,15,24H,14,16-17H2,1H3. The van der Waals surface area contributed by atoms with Gasteiger partial charge in [-0.05, 0) is 29.7 Å². The van der Waals surface area contributed by atoms with Gasteiger partial charge in [-0.25, -0.2) is 8.42 Å². The first-order chi connectivity index (χ1) is 14.0. The monoisotopic (exact) mass is 409 g/mol. The van der Waals surface area contributed by atoms with E-state index in [4.69, 9.17) is 4.74 Å². The summed E-state index contributed by atoms with van der Waals surface area (Å²) in [6, 6.07) is 22.0. The Morgan fingerprint density at radius 2 is 1.52 bits per heavy atom. The van der Waals surface area contributed by atoms with Crippen molar-refractivity contribution in [1.82, 2.24) is 0 Å². The fourth-order valence-corrected chi connectivity index (χ4v) is 4.23. The number of hydrogen-bond acceptors (Lipinski definition) is 4. The molecule has 5 nitrogen and oxygen atoms in total. The largest absolute Gasteiger partial charge is 0.486 e. The SMILES string of the molecule is Cc1ccc(NS(=O)(=O)Cc2ccccc2)c(OCc2ccccc2)c1CC=O. The lowest BCUT2D eigenvalue weighted by molar-refractivity contribution is -0.107. The average molecular weight is 410 g/mol. The first kappa shape index (κ1) is 20.6. The second kappa shape index (κ2) is 9.39. The zero-order valence-corrected chi connectivity index (χ0v) is 17.0. The van der Waals surface area contributed by atoms with Gasteiger partial charge in [0.25, 0.3) is 0 Å². The lowest BCUT2D eigenvalue weighted by Gasteiger charge is -2.18. The van der Waals surface area contributed by atoms with E-state index in [1.165, 1.54) is 0 Å². The Labute approximate surface area is 171 Å². The van der Waals surface area contributed by atoms with Crippen molar-refractivity contribution in [3.8, 4) is 5.75 Å². The molecule has 0 aliphatic heterocycles. The molecule has 3 rings (SSSR count). The highest BCUT2D eigenvalue weighted by atomic mass is 32.2. The zero-order valence-electron chi connectivity index (χ0n) is 16.2. The molecule has 1 N–H and O–H groups in total. The second-order valence-electron chi connectivity index (χ2n) is 6.73. The summed E-state index contributed by atoms with van der Waals surface area (Å²) in [6.45, 7) is 2.14. The van der Waals surface area contributed by atoms with Crippen molar-refractivity contribution in [1.29, 1.82) is 0 Å². The number of anilines is 1. The Kier molecular flexibility index (Phi) is 6.67. The molecule has 3 aromatic carbocycles. The van der Waals surface area contributed by atoms with Crippen LogP contribution in [0.1, 0.15) is 22.3 Å². The predicted octanol–water partition coefficient (Wildman–Crippen LogP) is 4.26. The van der Waals surface area contributed by atoms with Gasteiger partial charge in [-0.15, -0.1) is 0 Å². The highest BCUT2D eigenvalue weighted by Gasteiger charge is 2.18. The van der Waals surface area contributed by atoms with Gasteiger partial charge in [0.1, 0.15) is 18.6 Å². The van der Waals surface area contributed by atoms with E-state index in [-0.39, 0.29) is 18.8 Å². The second-order valence-corrected chi connectivity index (χ2v) is 8.45. The van der Waals surface area contributed by atoms with Crippen LogP contribution in [0.4, 0.5) is 5.69 Å². The van der Waals surface area contributed by atoms with Crippen LogP contribution in [0.5, 0.6) is 5.75 Å². The maximum atomic E-state index is 12.7. The smallest absolute Gasteiger partial charge is 0.237 e. The van der Waals surface area contributed by atoms with E-state index in [0.717, 1.165) is 17.4 Å².